The Bertz CT molecular complexity index is 502. The number of nitrogens with zero attached hydrogens (tertiary/aromatic N) is 1. The second kappa shape index (κ2) is 4.59. The van der Waals surface area contributed by atoms with E-state index in [2.05, 4.69) is 10.3 Å². The number of hydrogen-bond acceptors (Lipinski definition) is 3. The van der Waals surface area contributed by atoms with Crippen LogP contribution in [0.5, 0.6) is 0 Å². The Morgan fingerprint density at radius 3 is 2.56 bits per heavy atom. The Hall–Kier alpha value is -1.46. The second-order valence-corrected chi connectivity index (χ2v) is 4.82. The molecule has 0 aliphatic rings. The van der Waals surface area contributed by atoms with Gasteiger partial charge in [0, 0.05) is 16.6 Å². The Labute approximate surface area is 103 Å². The molecule has 1 heterocycles. The fourth-order valence-electron chi connectivity index (χ4n) is 1.36. The van der Waals surface area contributed by atoms with Crippen LogP contribution in [0.15, 0.2) is 29.6 Å². The second-order valence-electron chi connectivity index (χ2n) is 3.32. The standard InChI is InChI=1S/C11H11N3S2/c1-7-13-10(6-16-7)8-2-4-9(5-3-8)14-11(12)15/h2-6H,1H3,(H3,12,14,15). The van der Waals surface area contributed by atoms with Crippen LogP contribution in [0.3, 0.4) is 0 Å². The first-order valence-corrected chi connectivity index (χ1v) is 6.03. The number of nitrogens with two attached hydrogens (primary N) is 1. The number of anilines is 1. The van der Waals surface area contributed by atoms with Crippen molar-refractivity contribution in [3.8, 4) is 11.3 Å². The van der Waals surface area contributed by atoms with Crippen LogP contribution in [0, 0.1) is 6.92 Å². The number of thiazole rings is 1. The van der Waals surface area contributed by atoms with Crippen molar-refractivity contribution in [2.75, 3.05) is 5.32 Å². The summed E-state index contributed by atoms with van der Waals surface area (Å²) >= 11 is 6.41. The van der Waals surface area contributed by atoms with Gasteiger partial charge < -0.3 is 11.1 Å². The van der Waals surface area contributed by atoms with E-state index in [9.17, 15) is 0 Å². The van der Waals surface area contributed by atoms with Crippen LogP contribution in [0.2, 0.25) is 0 Å². The number of aryl methyl sites for hydroxylation is 1. The molecule has 5 heteroatoms. The fraction of sp³-hybridized carbons (Fsp3) is 0.0909. The summed E-state index contributed by atoms with van der Waals surface area (Å²) in [5, 5.41) is 6.27. The molecule has 0 spiro atoms. The Morgan fingerprint density at radius 1 is 1.38 bits per heavy atom. The Kier molecular flexibility index (Phi) is 3.17. The Balaban J connectivity index is 2.22. The van der Waals surface area contributed by atoms with Crippen LogP contribution in [-0.4, -0.2) is 10.1 Å². The molecule has 0 fully saturated rings. The lowest BCUT2D eigenvalue weighted by atomic mass is 10.1. The van der Waals surface area contributed by atoms with E-state index in [1.165, 1.54) is 0 Å². The third kappa shape index (κ3) is 2.56. The molecule has 0 aliphatic carbocycles. The van der Waals surface area contributed by atoms with Gasteiger partial charge in [0.1, 0.15) is 0 Å². The largest absolute Gasteiger partial charge is 0.376 e. The maximum Gasteiger partial charge on any atom is 0.168 e. The number of aromatic nitrogens is 1. The lowest BCUT2D eigenvalue weighted by Crippen LogP contribution is -2.18. The van der Waals surface area contributed by atoms with E-state index in [0.29, 0.717) is 0 Å². The maximum absolute atomic E-state index is 5.39. The summed E-state index contributed by atoms with van der Waals surface area (Å²) in [6.45, 7) is 2.00. The molecule has 1 aromatic heterocycles. The SMILES string of the molecule is Cc1nc(-c2ccc(NC(N)=S)cc2)cs1. The van der Waals surface area contributed by atoms with Crippen molar-refractivity contribution >= 4 is 34.4 Å². The van der Waals surface area contributed by atoms with Gasteiger partial charge in [-0.1, -0.05) is 12.1 Å². The van der Waals surface area contributed by atoms with E-state index in [4.69, 9.17) is 18.0 Å². The van der Waals surface area contributed by atoms with Crippen LogP contribution in [0.1, 0.15) is 5.01 Å². The summed E-state index contributed by atoms with van der Waals surface area (Å²) in [6, 6.07) is 7.86. The highest BCUT2D eigenvalue weighted by molar-refractivity contribution is 7.80. The molecule has 82 valence electrons. The van der Waals surface area contributed by atoms with Crippen LogP contribution in [0.25, 0.3) is 11.3 Å². The van der Waals surface area contributed by atoms with E-state index in [1.807, 2.05) is 36.6 Å². The first kappa shape index (κ1) is 11.0. The predicted octanol–water partition coefficient (Wildman–Crippen LogP) is 2.77. The van der Waals surface area contributed by atoms with E-state index in [1.54, 1.807) is 11.3 Å². The van der Waals surface area contributed by atoms with Crippen LogP contribution >= 0.6 is 23.6 Å². The summed E-state index contributed by atoms with van der Waals surface area (Å²) in [6.07, 6.45) is 0. The lowest BCUT2D eigenvalue weighted by molar-refractivity contribution is 1.30. The number of nitrogens with one attached hydrogen (secondary N) is 1. The number of hydrogen-bond donors (Lipinski definition) is 2. The van der Waals surface area contributed by atoms with Gasteiger partial charge in [-0.05, 0) is 31.3 Å². The van der Waals surface area contributed by atoms with Gasteiger partial charge in [-0.2, -0.15) is 0 Å². The predicted molar refractivity (Wildman–Crippen MR) is 72.7 cm³/mol. The summed E-state index contributed by atoms with van der Waals surface area (Å²) in [7, 11) is 0. The normalized spacial score (nSPS) is 10.1. The molecule has 1 aromatic carbocycles. The van der Waals surface area contributed by atoms with Gasteiger partial charge in [0.2, 0.25) is 0 Å². The average Bonchev–Trinajstić information content (AvgIpc) is 2.65. The summed E-state index contributed by atoms with van der Waals surface area (Å²) in [5.41, 5.74) is 8.38. The lowest BCUT2D eigenvalue weighted by Gasteiger charge is -2.03. The summed E-state index contributed by atoms with van der Waals surface area (Å²) in [4.78, 5) is 4.42. The topological polar surface area (TPSA) is 50.9 Å². The van der Waals surface area contributed by atoms with Crippen LogP contribution in [-0.2, 0) is 0 Å². The van der Waals surface area contributed by atoms with Crippen LogP contribution in [0.4, 0.5) is 5.69 Å². The molecule has 0 saturated heterocycles. The summed E-state index contributed by atoms with van der Waals surface area (Å²) < 4.78 is 0. The minimum atomic E-state index is 0.275. The van der Waals surface area contributed by atoms with Gasteiger partial charge in [-0.15, -0.1) is 11.3 Å². The molecule has 0 amide bonds. The summed E-state index contributed by atoms with van der Waals surface area (Å²) in [5.74, 6) is 0. The highest BCUT2D eigenvalue weighted by Gasteiger charge is 2.01. The Morgan fingerprint density at radius 2 is 2.06 bits per heavy atom. The fourth-order valence-corrected chi connectivity index (χ4v) is 2.10. The van der Waals surface area contributed by atoms with Crippen molar-refractivity contribution in [1.82, 2.24) is 4.98 Å². The zero-order chi connectivity index (χ0) is 11.5. The third-order valence-electron chi connectivity index (χ3n) is 2.07. The molecule has 0 bridgehead atoms. The molecule has 3 N–H and O–H groups in total. The molecule has 0 saturated carbocycles. The first-order chi connectivity index (χ1) is 7.65. The average molecular weight is 249 g/mol. The third-order valence-corrected chi connectivity index (χ3v) is 2.94. The van der Waals surface area contributed by atoms with Crippen molar-refractivity contribution in [2.24, 2.45) is 5.73 Å². The molecule has 0 aliphatic heterocycles. The molecule has 2 rings (SSSR count). The highest BCUT2D eigenvalue weighted by Crippen LogP contribution is 2.22. The quantitative estimate of drug-likeness (QED) is 0.804. The van der Waals surface area contributed by atoms with Gasteiger partial charge in [0.15, 0.2) is 5.11 Å². The number of rotatable bonds is 2. The monoisotopic (exact) mass is 249 g/mol. The van der Waals surface area contributed by atoms with Gasteiger partial charge in [0.25, 0.3) is 0 Å². The van der Waals surface area contributed by atoms with Gasteiger partial charge in [0.05, 0.1) is 10.7 Å². The van der Waals surface area contributed by atoms with E-state index in [0.717, 1.165) is 22.0 Å². The zero-order valence-corrected chi connectivity index (χ0v) is 10.4. The molecular formula is C11H11N3S2. The van der Waals surface area contributed by atoms with E-state index in [-0.39, 0.29) is 5.11 Å². The van der Waals surface area contributed by atoms with Crippen molar-refractivity contribution in [1.29, 1.82) is 0 Å². The van der Waals surface area contributed by atoms with Crippen molar-refractivity contribution in [3.63, 3.8) is 0 Å². The molecular weight excluding hydrogens is 238 g/mol. The molecule has 2 aromatic rings. The minimum absolute atomic E-state index is 0.275. The van der Waals surface area contributed by atoms with Crippen LogP contribution < -0.4 is 11.1 Å². The van der Waals surface area contributed by atoms with Crippen molar-refractivity contribution in [3.05, 3.63) is 34.7 Å². The van der Waals surface area contributed by atoms with E-state index < -0.39 is 0 Å². The molecule has 3 nitrogen and oxygen atoms in total. The smallest absolute Gasteiger partial charge is 0.168 e. The first-order valence-electron chi connectivity index (χ1n) is 4.74. The number of benzene rings is 1. The number of thiocarbonyl (C=S) groups is 1. The van der Waals surface area contributed by atoms with Gasteiger partial charge >= 0.3 is 0 Å². The highest BCUT2D eigenvalue weighted by atomic mass is 32.1. The van der Waals surface area contributed by atoms with Crippen molar-refractivity contribution < 1.29 is 0 Å². The molecule has 0 radical (unpaired) electrons. The molecule has 0 unspecified atom stereocenters. The van der Waals surface area contributed by atoms with Crippen molar-refractivity contribution in [2.45, 2.75) is 6.92 Å². The molecule has 0 atom stereocenters. The minimum Gasteiger partial charge on any atom is -0.376 e. The zero-order valence-electron chi connectivity index (χ0n) is 8.73. The maximum atomic E-state index is 5.39. The van der Waals surface area contributed by atoms with Gasteiger partial charge in [-0.25, -0.2) is 4.98 Å². The molecule has 16 heavy (non-hydrogen) atoms. The van der Waals surface area contributed by atoms with E-state index >= 15 is 0 Å². The van der Waals surface area contributed by atoms with Gasteiger partial charge in [-0.3, -0.25) is 0 Å².